The number of nitrogens with one attached hydrogen (secondary N) is 5. The average molecular weight is 822 g/mol. The van der Waals surface area contributed by atoms with Crippen molar-refractivity contribution in [3.63, 3.8) is 0 Å². The summed E-state index contributed by atoms with van der Waals surface area (Å²) < 4.78 is 15.7. The molecule has 314 valence electrons. The predicted molar refractivity (Wildman–Crippen MR) is 202 cm³/mol. The molecule has 1 aliphatic heterocycles. The van der Waals surface area contributed by atoms with E-state index in [9.17, 15) is 38.4 Å². The van der Waals surface area contributed by atoms with E-state index in [1.54, 1.807) is 6.21 Å². The van der Waals surface area contributed by atoms with E-state index in [1.807, 2.05) is 44.2 Å². The quantitative estimate of drug-likeness (QED) is 0.0373. The second-order valence-electron chi connectivity index (χ2n) is 13.9. The lowest BCUT2D eigenvalue weighted by atomic mass is 10.0. The first kappa shape index (κ1) is 46.2. The van der Waals surface area contributed by atoms with E-state index in [1.165, 1.54) is 24.3 Å². The maximum absolute atomic E-state index is 13.8. The Bertz CT molecular complexity index is 1740. The Balaban J connectivity index is 1.72. The zero-order chi connectivity index (χ0) is 42.3. The van der Waals surface area contributed by atoms with Crippen LogP contribution in [0.3, 0.4) is 0 Å². The number of amides is 6. The highest BCUT2D eigenvalue weighted by molar-refractivity contribution is 7.46. The van der Waals surface area contributed by atoms with Crippen LogP contribution < -0.4 is 27.0 Å². The fraction of sp³-hybridized carbons (Fsp3) is 0.543. The van der Waals surface area contributed by atoms with Crippen LogP contribution in [0.2, 0.25) is 0 Å². The molecular weight excluding hydrogens is 769 g/mol. The molecule has 0 radical (unpaired) electrons. The van der Waals surface area contributed by atoms with E-state index in [-0.39, 0.29) is 37.6 Å². The van der Waals surface area contributed by atoms with Gasteiger partial charge in [0, 0.05) is 37.9 Å². The van der Waals surface area contributed by atoms with Crippen LogP contribution in [0.5, 0.6) is 0 Å². The lowest BCUT2D eigenvalue weighted by molar-refractivity contribution is -0.139. The van der Waals surface area contributed by atoms with Crippen LogP contribution in [0.15, 0.2) is 48.0 Å². The van der Waals surface area contributed by atoms with Crippen molar-refractivity contribution in [2.45, 2.75) is 102 Å². The van der Waals surface area contributed by atoms with Crippen molar-refractivity contribution in [2.75, 3.05) is 13.2 Å². The number of phosphoric acid groups is 1. The van der Waals surface area contributed by atoms with E-state index in [0.29, 0.717) is 12.1 Å². The van der Waals surface area contributed by atoms with Gasteiger partial charge in [0.15, 0.2) is 0 Å². The molecular formula is C35H52N9O12P. The summed E-state index contributed by atoms with van der Waals surface area (Å²) in [6.45, 7) is 5.08. The maximum Gasteiger partial charge on any atom is 0.469 e. The van der Waals surface area contributed by atoms with Gasteiger partial charge in [-0.2, -0.15) is 0 Å². The van der Waals surface area contributed by atoms with Crippen LogP contribution in [0.4, 0.5) is 0 Å². The number of aromatic amines is 1. The third kappa shape index (κ3) is 15.3. The van der Waals surface area contributed by atoms with Gasteiger partial charge in [-0.1, -0.05) is 49.3 Å². The van der Waals surface area contributed by atoms with E-state index in [0.717, 1.165) is 18.9 Å². The number of carbonyl (C=O) groups excluding carboxylic acids is 6. The minimum Gasteiger partial charge on any atom is -0.394 e. The van der Waals surface area contributed by atoms with Gasteiger partial charge in [-0.05, 0) is 37.7 Å². The Morgan fingerprint density at radius 3 is 2.25 bits per heavy atom. The zero-order valence-corrected chi connectivity index (χ0v) is 33.0. The van der Waals surface area contributed by atoms with E-state index in [2.05, 4.69) is 40.9 Å². The molecule has 1 aromatic heterocycles. The molecule has 1 aliphatic rings. The standard InChI is InChI=1S/C35H52N9O12P/c1-20(2)13-26(41-35(51)29-15-25(17-44(29)22(4)46)55-39-12-8-11-23-9-6-5-7-10-23)32(48)40-27(14-24-16-37-19-38-24)33(49)42-28(18-45)34(50)43-30(31(36)47)21(3)56-57(52,53)54/h5-7,9-10,12,16,19-21,25-30,45H,8,11,13-15,17-18H2,1-4H3,(H2,36,47)(H,37,38)(H,40,48)(H,41,51)(H,42,49)(H,43,50)(H2,52,53,54)/b39-12+/t21-,25+,26+,27+,28+,29+,30+/m1/s1. The Hall–Kier alpha value is -5.21. The van der Waals surface area contributed by atoms with Crippen molar-refractivity contribution >= 4 is 49.5 Å². The molecule has 0 saturated carbocycles. The first-order chi connectivity index (χ1) is 26.9. The summed E-state index contributed by atoms with van der Waals surface area (Å²) in [7, 11) is -5.11. The highest BCUT2D eigenvalue weighted by Gasteiger charge is 2.41. The Kier molecular flexibility index (Phi) is 17.8. The molecule has 1 saturated heterocycles. The van der Waals surface area contributed by atoms with Crippen molar-refractivity contribution in [1.29, 1.82) is 0 Å². The number of oxime groups is 1. The molecule has 0 aliphatic carbocycles. The predicted octanol–water partition coefficient (Wildman–Crippen LogP) is -1.46. The molecule has 10 N–H and O–H groups in total. The molecule has 1 fully saturated rings. The third-order valence-electron chi connectivity index (χ3n) is 8.80. The molecule has 0 bridgehead atoms. The number of nitrogens with two attached hydrogens (primary N) is 1. The Morgan fingerprint density at radius 1 is 1.02 bits per heavy atom. The summed E-state index contributed by atoms with van der Waals surface area (Å²) in [5.74, 6) is -5.29. The van der Waals surface area contributed by atoms with Crippen molar-refractivity contribution < 1.29 is 57.6 Å². The SMILES string of the molecule is CC(=O)N1C[C@@H](O/N=C/CCc2ccccc2)C[C@H]1C(=O)N[C@@H](CC(C)C)C(=O)N[C@@H](Cc1cnc[nH]1)C(=O)N[C@@H](CO)C(=O)N[C@H](C(N)=O)[C@@H](C)OP(=O)(O)O. The average Bonchev–Trinajstić information content (AvgIpc) is 3.82. The van der Waals surface area contributed by atoms with Gasteiger partial charge in [-0.25, -0.2) is 9.55 Å². The summed E-state index contributed by atoms with van der Waals surface area (Å²) in [6.07, 6.45) is 3.54. The highest BCUT2D eigenvalue weighted by atomic mass is 31.2. The molecule has 22 heteroatoms. The van der Waals surface area contributed by atoms with Gasteiger partial charge < -0.3 is 56.6 Å². The molecule has 3 rings (SSSR count). The van der Waals surface area contributed by atoms with Gasteiger partial charge in [0.25, 0.3) is 0 Å². The lowest BCUT2D eigenvalue weighted by Gasteiger charge is -2.28. The normalized spacial score (nSPS) is 18.3. The second kappa shape index (κ2) is 21.9. The summed E-state index contributed by atoms with van der Waals surface area (Å²) >= 11 is 0. The zero-order valence-electron chi connectivity index (χ0n) is 32.1. The molecule has 2 heterocycles. The summed E-state index contributed by atoms with van der Waals surface area (Å²) in [6, 6.07) is 2.69. The van der Waals surface area contributed by atoms with Crippen molar-refractivity contribution in [3.05, 3.63) is 54.1 Å². The molecule has 21 nitrogen and oxygen atoms in total. The minimum absolute atomic E-state index is 0.0896. The molecule has 6 amide bonds. The second-order valence-corrected chi connectivity index (χ2v) is 15.1. The molecule has 2 aromatic rings. The molecule has 57 heavy (non-hydrogen) atoms. The van der Waals surface area contributed by atoms with Gasteiger partial charge in [0.2, 0.25) is 35.4 Å². The van der Waals surface area contributed by atoms with Crippen LogP contribution in [-0.4, -0.2) is 127 Å². The Morgan fingerprint density at radius 2 is 1.67 bits per heavy atom. The number of rotatable bonds is 22. The Labute approximate surface area is 329 Å². The largest absolute Gasteiger partial charge is 0.469 e. The number of imidazole rings is 1. The minimum atomic E-state index is -5.11. The number of aryl methyl sites for hydroxylation is 1. The van der Waals surface area contributed by atoms with Crippen molar-refractivity contribution in [2.24, 2.45) is 16.8 Å². The van der Waals surface area contributed by atoms with Crippen LogP contribution in [0.25, 0.3) is 0 Å². The number of phosphoric ester groups is 1. The van der Waals surface area contributed by atoms with E-state index < -0.39 is 86.4 Å². The van der Waals surface area contributed by atoms with Crippen molar-refractivity contribution in [1.82, 2.24) is 36.1 Å². The van der Waals surface area contributed by atoms with Crippen LogP contribution in [0.1, 0.15) is 58.2 Å². The fourth-order valence-electron chi connectivity index (χ4n) is 6.01. The van der Waals surface area contributed by atoms with Crippen LogP contribution in [-0.2, 0) is 55.5 Å². The number of likely N-dealkylation sites (tertiary alicyclic amines) is 1. The molecule has 0 spiro atoms. The van der Waals surface area contributed by atoms with Gasteiger partial charge in [-0.3, -0.25) is 33.3 Å². The topological polar surface area (TPSA) is 317 Å². The number of carbonyl (C=O) groups is 6. The van der Waals surface area contributed by atoms with Crippen molar-refractivity contribution in [3.8, 4) is 0 Å². The monoisotopic (exact) mass is 821 g/mol. The number of aliphatic hydroxyl groups excluding tert-OH is 1. The number of aliphatic hydroxyl groups is 1. The summed E-state index contributed by atoms with van der Waals surface area (Å²) in [5, 5.41) is 23.7. The number of hydrogen-bond acceptors (Lipinski definition) is 12. The summed E-state index contributed by atoms with van der Waals surface area (Å²) in [4.78, 5) is 111. The first-order valence-corrected chi connectivity index (χ1v) is 19.7. The molecule has 7 atom stereocenters. The highest BCUT2D eigenvalue weighted by Crippen LogP contribution is 2.38. The lowest BCUT2D eigenvalue weighted by Crippen LogP contribution is -2.61. The van der Waals surface area contributed by atoms with Crippen LogP contribution in [0, 0.1) is 5.92 Å². The van der Waals surface area contributed by atoms with Crippen LogP contribution >= 0.6 is 7.82 Å². The smallest absolute Gasteiger partial charge is 0.394 e. The van der Waals surface area contributed by atoms with Gasteiger partial charge in [-0.15, -0.1) is 0 Å². The summed E-state index contributed by atoms with van der Waals surface area (Å²) in [5.41, 5.74) is 6.81. The number of hydrogen-bond donors (Lipinski definition) is 9. The fourth-order valence-corrected chi connectivity index (χ4v) is 6.57. The van der Waals surface area contributed by atoms with E-state index >= 15 is 0 Å². The van der Waals surface area contributed by atoms with E-state index in [4.69, 9.17) is 20.4 Å². The number of primary amides is 1. The van der Waals surface area contributed by atoms with Gasteiger partial charge in [0.1, 0.15) is 36.3 Å². The van der Waals surface area contributed by atoms with Gasteiger partial charge >= 0.3 is 7.82 Å². The first-order valence-electron chi connectivity index (χ1n) is 18.2. The number of benzene rings is 1. The third-order valence-corrected chi connectivity index (χ3v) is 9.41. The number of aromatic nitrogens is 2. The molecule has 0 unspecified atom stereocenters. The van der Waals surface area contributed by atoms with Gasteiger partial charge in [0.05, 0.1) is 25.6 Å². The maximum atomic E-state index is 13.8. The number of nitrogens with zero attached hydrogens (tertiary/aromatic N) is 3. The molecule has 1 aromatic carbocycles. The number of H-pyrrole nitrogens is 1.